The van der Waals surface area contributed by atoms with Gasteiger partial charge in [0.1, 0.15) is 16.3 Å². The van der Waals surface area contributed by atoms with Gasteiger partial charge in [-0.1, -0.05) is 0 Å². The molecule has 0 spiro atoms. The summed E-state index contributed by atoms with van der Waals surface area (Å²) in [6.45, 7) is 7.21. The highest BCUT2D eigenvalue weighted by molar-refractivity contribution is 7.80. The topological polar surface area (TPSA) is 99.7 Å². The van der Waals surface area contributed by atoms with Crippen LogP contribution >= 0.6 is 23.6 Å². The van der Waals surface area contributed by atoms with Crippen LogP contribution in [0.4, 0.5) is 11.8 Å². The molecule has 4 N–H and O–H groups in total. The fourth-order valence-corrected chi connectivity index (χ4v) is 6.77. The molecule has 6 rings (SSSR count). The predicted octanol–water partition coefficient (Wildman–Crippen LogP) is 5.36. The van der Waals surface area contributed by atoms with E-state index in [1.165, 1.54) is 30.4 Å². The highest BCUT2D eigenvalue weighted by atomic mass is 32.1. The molecule has 0 bridgehead atoms. The first-order valence-corrected chi connectivity index (χ1v) is 14.9. The smallest absolute Gasteiger partial charge is 0.225 e. The Bertz CT molecular complexity index is 1300. The van der Waals surface area contributed by atoms with Crippen LogP contribution in [0.2, 0.25) is 0 Å². The number of nitrogens with zero attached hydrogens (tertiary/aromatic N) is 4. The van der Waals surface area contributed by atoms with E-state index in [9.17, 15) is 0 Å². The number of fused-ring (bicyclic) bond motifs is 1. The van der Waals surface area contributed by atoms with Crippen molar-refractivity contribution < 1.29 is 0 Å². The number of pyridine rings is 1. The first kappa shape index (κ1) is 24.7. The van der Waals surface area contributed by atoms with Gasteiger partial charge in [-0.2, -0.15) is 4.98 Å². The normalized spacial score (nSPS) is 22.1. The molecule has 37 heavy (non-hydrogen) atoms. The number of hydrogen-bond donors (Lipinski definition) is 4. The molecule has 3 atom stereocenters. The molecule has 3 saturated carbocycles. The van der Waals surface area contributed by atoms with Crippen molar-refractivity contribution in [1.82, 2.24) is 30.6 Å². The molecule has 3 heterocycles. The number of aromatic nitrogens is 4. The fourth-order valence-electron chi connectivity index (χ4n) is 5.39. The van der Waals surface area contributed by atoms with Crippen LogP contribution in [0.3, 0.4) is 0 Å². The number of thiocarbonyl (C=S) groups is 1. The Morgan fingerprint density at radius 1 is 1.11 bits per heavy atom. The van der Waals surface area contributed by atoms with E-state index in [1.807, 2.05) is 6.20 Å². The second-order valence-corrected chi connectivity index (χ2v) is 12.3. The van der Waals surface area contributed by atoms with Crippen LogP contribution in [0.1, 0.15) is 76.1 Å². The molecular weight excluding hydrogens is 500 g/mol. The Labute approximate surface area is 227 Å². The summed E-state index contributed by atoms with van der Waals surface area (Å²) in [4.78, 5) is 19.7. The Hall–Kier alpha value is -2.59. The predicted molar refractivity (Wildman–Crippen MR) is 155 cm³/mol. The van der Waals surface area contributed by atoms with Gasteiger partial charge in [-0.05, 0) is 89.9 Å². The molecule has 0 radical (unpaired) electrons. The number of aryl methyl sites for hydroxylation is 1. The van der Waals surface area contributed by atoms with Gasteiger partial charge in [0.25, 0.3) is 0 Å². The average Bonchev–Trinajstić information content (AvgIpc) is 3.78. The summed E-state index contributed by atoms with van der Waals surface area (Å²) in [6.07, 6.45) is 10.0. The second-order valence-electron chi connectivity index (χ2n) is 10.8. The van der Waals surface area contributed by atoms with Crippen molar-refractivity contribution in [2.75, 3.05) is 17.2 Å². The maximum absolute atomic E-state index is 5.42. The van der Waals surface area contributed by atoms with Crippen LogP contribution in [0.5, 0.6) is 0 Å². The van der Waals surface area contributed by atoms with Crippen LogP contribution in [-0.4, -0.2) is 49.7 Å². The van der Waals surface area contributed by atoms with Crippen molar-refractivity contribution in [3.05, 3.63) is 23.7 Å². The Kier molecular flexibility index (Phi) is 6.88. The molecule has 3 aliphatic carbocycles. The maximum atomic E-state index is 5.42. The second kappa shape index (κ2) is 10.3. The summed E-state index contributed by atoms with van der Waals surface area (Å²) in [7, 11) is 0. The van der Waals surface area contributed by atoms with E-state index in [1.54, 1.807) is 11.3 Å². The first-order chi connectivity index (χ1) is 18.0. The number of thiazole rings is 1. The van der Waals surface area contributed by atoms with Crippen molar-refractivity contribution in [1.29, 1.82) is 0 Å². The molecule has 3 aliphatic rings. The summed E-state index contributed by atoms with van der Waals surface area (Å²) in [5, 5.41) is 15.7. The molecule has 3 fully saturated rings. The van der Waals surface area contributed by atoms with E-state index < -0.39 is 0 Å². The average molecular weight is 537 g/mol. The van der Waals surface area contributed by atoms with Crippen LogP contribution in [0, 0.1) is 12.8 Å². The first-order valence-electron chi connectivity index (χ1n) is 13.7. The van der Waals surface area contributed by atoms with Gasteiger partial charge in [0.05, 0.1) is 21.7 Å². The zero-order valence-electron chi connectivity index (χ0n) is 21.8. The molecule has 10 heteroatoms. The third-order valence-electron chi connectivity index (χ3n) is 7.74. The van der Waals surface area contributed by atoms with E-state index in [-0.39, 0.29) is 0 Å². The quantitative estimate of drug-likeness (QED) is 0.269. The fraction of sp³-hybridized carbons (Fsp3) is 0.593. The van der Waals surface area contributed by atoms with Crippen molar-refractivity contribution in [2.24, 2.45) is 5.92 Å². The van der Waals surface area contributed by atoms with Crippen molar-refractivity contribution in [3.8, 4) is 10.6 Å². The van der Waals surface area contributed by atoms with Gasteiger partial charge in [-0.25, -0.2) is 9.97 Å². The molecule has 8 nitrogen and oxygen atoms in total. The zero-order valence-corrected chi connectivity index (χ0v) is 23.4. The van der Waals surface area contributed by atoms with Gasteiger partial charge in [0.2, 0.25) is 5.95 Å². The summed E-state index contributed by atoms with van der Waals surface area (Å²) < 4.78 is 1.18. The molecule has 3 aromatic heterocycles. The van der Waals surface area contributed by atoms with Crippen molar-refractivity contribution in [3.63, 3.8) is 0 Å². The maximum Gasteiger partial charge on any atom is 0.225 e. The molecule has 3 aromatic rings. The molecule has 0 saturated heterocycles. The van der Waals surface area contributed by atoms with Crippen LogP contribution in [-0.2, 0) is 0 Å². The highest BCUT2D eigenvalue weighted by Crippen LogP contribution is 2.44. The third-order valence-corrected chi connectivity index (χ3v) is 9.04. The molecule has 0 aromatic carbocycles. The summed E-state index contributed by atoms with van der Waals surface area (Å²) in [5.74, 6) is 2.85. The molecule has 3 unspecified atom stereocenters. The van der Waals surface area contributed by atoms with Gasteiger partial charge >= 0.3 is 0 Å². The zero-order chi connectivity index (χ0) is 25.5. The monoisotopic (exact) mass is 536 g/mol. The van der Waals surface area contributed by atoms with Gasteiger partial charge in [-0.15, -0.1) is 11.3 Å². The minimum Gasteiger partial charge on any atom is -0.366 e. The lowest BCUT2D eigenvalue weighted by atomic mass is 10.2. The van der Waals surface area contributed by atoms with E-state index in [4.69, 9.17) is 27.2 Å². The summed E-state index contributed by atoms with van der Waals surface area (Å²) >= 11 is 7.14. The highest BCUT2D eigenvalue weighted by Gasteiger charge is 2.31. The van der Waals surface area contributed by atoms with Crippen LogP contribution in [0.15, 0.2) is 12.3 Å². The summed E-state index contributed by atoms with van der Waals surface area (Å²) in [6, 6.07) is 3.12. The van der Waals surface area contributed by atoms with Gasteiger partial charge < -0.3 is 21.3 Å². The number of rotatable bonds is 9. The molecular formula is C27H36N8S2. The van der Waals surface area contributed by atoms with E-state index in [2.05, 4.69) is 53.1 Å². The van der Waals surface area contributed by atoms with Crippen LogP contribution < -0.4 is 21.3 Å². The molecule has 0 amide bonds. The Morgan fingerprint density at radius 3 is 2.68 bits per heavy atom. The van der Waals surface area contributed by atoms with Gasteiger partial charge in [0.15, 0.2) is 5.11 Å². The van der Waals surface area contributed by atoms with Crippen molar-refractivity contribution in [2.45, 2.75) is 89.8 Å². The van der Waals surface area contributed by atoms with Gasteiger partial charge in [0, 0.05) is 36.8 Å². The third kappa shape index (κ3) is 5.50. The van der Waals surface area contributed by atoms with E-state index >= 15 is 0 Å². The minimum absolute atomic E-state index is 0.307. The minimum atomic E-state index is 0.307. The number of hydrogen-bond acceptors (Lipinski definition) is 8. The largest absolute Gasteiger partial charge is 0.366 e. The van der Waals surface area contributed by atoms with Gasteiger partial charge in [-0.3, -0.25) is 4.98 Å². The standard InChI is InChI=1S/C27H36N8S2/c1-4-28-27(36)33-19-10-9-18(13-19)32-24-21(15(3)31-26(35-24)30-14(2)16-5-6-16)25-34-23-20(37-25)11-12-29-22(23)17-7-8-17/h11-12,14,16-19H,4-10,13H2,1-3H3,(H2,28,33,36)(H2,30,31,32,35). The van der Waals surface area contributed by atoms with Crippen LogP contribution in [0.25, 0.3) is 20.8 Å². The molecule has 0 aliphatic heterocycles. The lowest BCUT2D eigenvalue weighted by molar-refractivity contribution is 0.614. The lowest BCUT2D eigenvalue weighted by Crippen LogP contribution is -2.41. The van der Waals surface area contributed by atoms with Crippen molar-refractivity contribution >= 4 is 50.6 Å². The number of nitrogens with one attached hydrogen (secondary N) is 4. The SMILES string of the molecule is CCNC(=S)NC1CCC(Nc2nc(NC(C)C3CC3)nc(C)c2-c2nc3c(C4CC4)nccc3s2)C1. The van der Waals surface area contributed by atoms with E-state index in [0.717, 1.165) is 70.1 Å². The number of anilines is 2. The van der Waals surface area contributed by atoms with E-state index in [0.29, 0.717) is 30.0 Å². The lowest BCUT2D eigenvalue weighted by Gasteiger charge is -2.20. The Morgan fingerprint density at radius 2 is 1.92 bits per heavy atom. The summed E-state index contributed by atoms with van der Waals surface area (Å²) in [5.41, 5.74) is 4.14. The Balaban J connectivity index is 1.31. The molecule has 196 valence electrons.